The van der Waals surface area contributed by atoms with Crippen LogP contribution in [0.1, 0.15) is 49.3 Å². The first-order chi connectivity index (χ1) is 14.4. The van der Waals surface area contributed by atoms with Gasteiger partial charge in [-0.2, -0.15) is 0 Å². The van der Waals surface area contributed by atoms with Gasteiger partial charge in [0, 0.05) is 23.6 Å². The van der Waals surface area contributed by atoms with Gasteiger partial charge in [-0.3, -0.25) is 4.98 Å². The van der Waals surface area contributed by atoms with Gasteiger partial charge in [0.15, 0.2) is 6.04 Å². The van der Waals surface area contributed by atoms with E-state index >= 15 is 0 Å². The molecule has 1 aromatic carbocycles. The lowest BCUT2D eigenvalue weighted by atomic mass is 10.0. The number of pyridine rings is 1. The highest BCUT2D eigenvalue weighted by atomic mass is 15.6. The van der Waals surface area contributed by atoms with Crippen LogP contribution < -0.4 is 9.80 Å². The predicted molar refractivity (Wildman–Crippen MR) is 118 cm³/mol. The second-order valence-corrected chi connectivity index (χ2v) is 9.20. The lowest BCUT2D eigenvalue weighted by Gasteiger charge is -2.38. The third-order valence-corrected chi connectivity index (χ3v) is 6.16. The molecule has 0 aliphatic carbocycles. The summed E-state index contributed by atoms with van der Waals surface area (Å²) in [6.45, 7) is 14.9. The van der Waals surface area contributed by atoms with Crippen molar-refractivity contribution in [2.24, 2.45) is 0 Å². The van der Waals surface area contributed by atoms with E-state index in [-0.39, 0.29) is 11.6 Å². The molecule has 0 radical (unpaired) electrons. The van der Waals surface area contributed by atoms with Crippen molar-refractivity contribution in [3.05, 3.63) is 65.2 Å². The molecule has 1 aliphatic heterocycles. The fourth-order valence-electron chi connectivity index (χ4n) is 4.38. The number of hydrogen-bond acceptors (Lipinski definition) is 5. The molecule has 1 saturated heterocycles. The second-order valence-electron chi connectivity index (χ2n) is 9.20. The van der Waals surface area contributed by atoms with Crippen LogP contribution in [0.3, 0.4) is 0 Å². The van der Waals surface area contributed by atoms with Gasteiger partial charge in [-0.05, 0) is 74.4 Å². The summed E-state index contributed by atoms with van der Waals surface area (Å²) < 4.78 is 1.97. The number of rotatable bonds is 4. The third-order valence-electron chi connectivity index (χ3n) is 6.16. The van der Waals surface area contributed by atoms with E-state index in [0.29, 0.717) is 0 Å². The Kier molecular flexibility index (Phi) is 5.56. The molecule has 3 heterocycles. The predicted octanol–water partition coefficient (Wildman–Crippen LogP) is 1.93. The summed E-state index contributed by atoms with van der Waals surface area (Å²) in [5.41, 5.74) is 5.11. The van der Waals surface area contributed by atoms with Crippen molar-refractivity contribution in [3.63, 3.8) is 0 Å². The van der Waals surface area contributed by atoms with Gasteiger partial charge in [0.2, 0.25) is 5.82 Å². The van der Waals surface area contributed by atoms with Crippen LogP contribution in [-0.4, -0.2) is 51.4 Å². The minimum Gasteiger partial charge on any atom is -0.360 e. The standard InChI is InChI=1S/C23H31N7/c1-17-7-6-8-20(18(17)2)28-13-15-29(16-14-28)21(19-9-11-24-12-10-19)22-25-26-27-30(22)23(3,4)5/h6-12,21H,13-16H2,1-5H3/p+1/t21-/m1/s1. The van der Waals surface area contributed by atoms with E-state index in [1.54, 1.807) is 0 Å². The molecule has 158 valence electrons. The van der Waals surface area contributed by atoms with Gasteiger partial charge in [-0.15, -0.1) is 5.10 Å². The van der Waals surface area contributed by atoms with Crippen molar-refractivity contribution in [3.8, 4) is 0 Å². The number of hydrogen-bond donors (Lipinski definition) is 1. The summed E-state index contributed by atoms with van der Waals surface area (Å²) in [6.07, 6.45) is 3.72. The normalized spacial score (nSPS) is 16.6. The first kappa shape index (κ1) is 20.5. The Bertz CT molecular complexity index is 982. The molecule has 4 rings (SSSR count). The largest absolute Gasteiger partial charge is 0.360 e. The zero-order valence-corrected chi connectivity index (χ0v) is 18.6. The first-order valence-electron chi connectivity index (χ1n) is 10.7. The lowest BCUT2D eigenvalue weighted by molar-refractivity contribution is -0.927. The van der Waals surface area contributed by atoms with E-state index in [0.717, 1.165) is 32.0 Å². The maximum Gasteiger partial charge on any atom is 0.214 e. The van der Waals surface area contributed by atoms with Crippen LogP contribution in [0.2, 0.25) is 0 Å². The number of tetrazole rings is 1. The van der Waals surface area contributed by atoms with Crippen LogP contribution in [0.25, 0.3) is 0 Å². The molecule has 2 aromatic heterocycles. The molecule has 7 nitrogen and oxygen atoms in total. The highest BCUT2D eigenvalue weighted by Gasteiger charge is 2.36. The molecular weight excluding hydrogens is 374 g/mol. The summed E-state index contributed by atoms with van der Waals surface area (Å²) in [4.78, 5) is 8.22. The molecule has 7 heteroatoms. The van der Waals surface area contributed by atoms with Crippen LogP contribution in [-0.2, 0) is 5.54 Å². The molecule has 0 spiro atoms. The average Bonchev–Trinajstić information content (AvgIpc) is 3.22. The van der Waals surface area contributed by atoms with E-state index < -0.39 is 0 Å². The molecule has 3 aromatic rings. The van der Waals surface area contributed by atoms with Gasteiger partial charge in [0.25, 0.3) is 0 Å². The Morgan fingerprint density at radius 1 is 1.00 bits per heavy atom. The molecule has 1 aliphatic rings. The average molecular weight is 407 g/mol. The zero-order valence-electron chi connectivity index (χ0n) is 18.6. The van der Waals surface area contributed by atoms with Crippen LogP contribution in [0.15, 0.2) is 42.7 Å². The molecular formula is C23H32N7+. The Morgan fingerprint density at radius 2 is 1.70 bits per heavy atom. The van der Waals surface area contributed by atoms with Crippen LogP contribution >= 0.6 is 0 Å². The third kappa shape index (κ3) is 3.94. The van der Waals surface area contributed by atoms with E-state index in [4.69, 9.17) is 0 Å². The van der Waals surface area contributed by atoms with Crippen LogP contribution in [0.5, 0.6) is 0 Å². The van der Waals surface area contributed by atoms with Crippen molar-refractivity contribution in [1.82, 2.24) is 25.2 Å². The topological polar surface area (TPSA) is 64.2 Å². The van der Waals surface area contributed by atoms with Gasteiger partial charge in [0.05, 0.1) is 31.7 Å². The van der Waals surface area contributed by atoms with Crippen LogP contribution in [0, 0.1) is 13.8 Å². The highest BCUT2D eigenvalue weighted by molar-refractivity contribution is 5.56. The van der Waals surface area contributed by atoms with Crippen molar-refractivity contribution in [1.29, 1.82) is 0 Å². The number of nitrogens with one attached hydrogen (secondary N) is 1. The number of aryl methyl sites for hydroxylation is 1. The minimum absolute atomic E-state index is 0.0861. The van der Waals surface area contributed by atoms with Crippen molar-refractivity contribution in [2.75, 3.05) is 31.1 Å². The maximum absolute atomic E-state index is 4.48. The minimum atomic E-state index is -0.177. The Labute approximate surface area is 178 Å². The fraction of sp³-hybridized carbons (Fsp3) is 0.478. The van der Waals surface area contributed by atoms with E-state index in [9.17, 15) is 0 Å². The molecule has 0 saturated carbocycles. The number of nitrogens with zero attached hydrogens (tertiary/aromatic N) is 6. The summed E-state index contributed by atoms with van der Waals surface area (Å²) >= 11 is 0. The fourth-order valence-corrected chi connectivity index (χ4v) is 4.38. The van der Waals surface area contributed by atoms with Gasteiger partial charge in [-0.1, -0.05) is 12.1 Å². The van der Waals surface area contributed by atoms with Gasteiger partial charge in [-0.25, -0.2) is 4.68 Å². The zero-order chi connectivity index (χ0) is 21.3. The maximum atomic E-state index is 4.48. The molecule has 30 heavy (non-hydrogen) atoms. The van der Waals surface area contributed by atoms with Crippen molar-refractivity contribution >= 4 is 5.69 Å². The summed E-state index contributed by atoms with van der Waals surface area (Å²) in [7, 11) is 0. The number of piperazine rings is 1. The Morgan fingerprint density at radius 3 is 2.37 bits per heavy atom. The SMILES string of the molecule is Cc1cccc(N2CC[NH+]([C@H](c3ccncc3)c3nnnn3C(C)(C)C)CC2)c1C. The van der Waals surface area contributed by atoms with Crippen LogP contribution in [0.4, 0.5) is 5.69 Å². The van der Waals surface area contributed by atoms with Gasteiger partial charge < -0.3 is 9.80 Å². The van der Waals surface area contributed by atoms with E-state index in [2.05, 4.69) is 90.4 Å². The lowest BCUT2D eigenvalue weighted by Crippen LogP contribution is -3.15. The first-order valence-corrected chi connectivity index (χ1v) is 10.7. The smallest absolute Gasteiger partial charge is 0.214 e. The highest BCUT2D eigenvalue weighted by Crippen LogP contribution is 2.24. The van der Waals surface area contributed by atoms with E-state index in [1.165, 1.54) is 27.3 Å². The summed E-state index contributed by atoms with van der Waals surface area (Å²) in [5.74, 6) is 0.920. The molecule has 0 bridgehead atoms. The molecule has 1 N–H and O–H groups in total. The molecule has 0 amide bonds. The molecule has 1 atom stereocenters. The van der Waals surface area contributed by atoms with E-state index in [1.807, 2.05) is 17.1 Å². The van der Waals surface area contributed by atoms with Gasteiger partial charge in [0.1, 0.15) is 0 Å². The number of benzene rings is 1. The number of aromatic nitrogens is 5. The Balaban J connectivity index is 1.63. The number of quaternary nitrogens is 1. The quantitative estimate of drug-likeness (QED) is 0.717. The van der Waals surface area contributed by atoms with Crippen molar-refractivity contribution in [2.45, 2.75) is 46.2 Å². The number of anilines is 1. The summed E-state index contributed by atoms with van der Waals surface area (Å²) in [6, 6.07) is 10.9. The summed E-state index contributed by atoms with van der Waals surface area (Å²) in [5, 5.41) is 12.9. The molecule has 0 unspecified atom stereocenters. The Hall–Kier alpha value is -2.80. The molecule has 1 fully saturated rings. The second kappa shape index (κ2) is 8.14. The van der Waals surface area contributed by atoms with Gasteiger partial charge >= 0.3 is 0 Å². The monoisotopic (exact) mass is 406 g/mol. The van der Waals surface area contributed by atoms with Crippen molar-refractivity contribution < 1.29 is 4.90 Å².